The van der Waals surface area contributed by atoms with E-state index in [4.69, 9.17) is 9.97 Å². The smallest absolute Gasteiger partial charge is 0.0794 e. The van der Waals surface area contributed by atoms with Crippen molar-refractivity contribution in [1.29, 1.82) is 0 Å². The predicted octanol–water partition coefficient (Wildman–Crippen LogP) is 13.0. The Balaban J connectivity index is 1.16. The van der Waals surface area contributed by atoms with E-state index in [2.05, 4.69) is 172 Å². The van der Waals surface area contributed by atoms with Crippen molar-refractivity contribution in [3.05, 3.63) is 169 Å². The Morgan fingerprint density at radius 3 is 1.69 bits per heavy atom. The molecule has 0 aliphatic heterocycles. The van der Waals surface area contributed by atoms with Crippen molar-refractivity contribution in [2.24, 2.45) is 0 Å². The van der Waals surface area contributed by atoms with Crippen LogP contribution >= 0.6 is 0 Å². The molecule has 0 unspecified atom stereocenters. The first-order valence-corrected chi connectivity index (χ1v) is 17.8. The molecule has 1 aliphatic carbocycles. The molecule has 0 fully saturated rings. The molecule has 51 heavy (non-hydrogen) atoms. The molecule has 2 aromatic heterocycles. The van der Waals surface area contributed by atoms with Crippen molar-refractivity contribution in [2.75, 3.05) is 0 Å². The van der Waals surface area contributed by atoms with Gasteiger partial charge in [-0.05, 0) is 50.0 Å². The van der Waals surface area contributed by atoms with E-state index in [1.807, 2.05) is 0 Å². The number of aromatic nitrogens is 2. The lowest BCUT2D eigenvalue weighted by atomic mass is 9.79. The quantitative estimate of drug-likeness (QED) is 0.138. The lowest BCUT2D eigenvalue weighted by Gasteiger charge is -2.24. The molecule has 10 aromatic rings. The van der Waals surface area contributed by atoms with E-state index in [1.165, 1.54) is 71.1 Å². The third-order valence-electron chi connectivity index (χ3n) is 11.4. The van der Waals surface area contributed by atoms with Crippen LogP contribution in [0.3, 0.4) is 0 Å². The van der Waals surface area contributed by atoms with E-state index >= 15 is 0 Å². The maximum atomic E-state index is 5.39. The van der Waals surface area contributed by atoms with Crippen LogP contribution < -0.4 is 0 Å². The van der Waals surface area contributed by atoms with Gasteiger partial charge in [-0.2, -0.15) is 0 Å². The molecule has 2 nitrogen and oxygen atoms in total. The SMILES string of the molecule is CC1(C)c2ccccc2-c2ccc3c(-c4ccc(-c5c6ccc7ccccc7c6nc6c5ccc5ccccc56)cc4)nc4ccccc4c3c21. The highest BCUT2D eigenvalue weighted by molar-refractivity contribution is 6.21. The first kappa shape index (κ1) is 28.5. The van der Waals surface area contributed by atoms with E-state index in [9.17, 15) is 0 Å². The van der Waals surface area contributed by atoms with Gasteiger partial charge in [0, 0.05) is 48.9 Å². The summed E-state index contributed by atoms with van der Waals surface area (Å²) < 4.78 is 0. The zero-order chi connectivity index (χ0) is 33.8. The maximum absolute atomic E-state index is 5.39. The Kier molecular flexibility index (Phi) is 5.76. The first-order chi connectivity index (χ1) is 25.1. The summed E-state index contributed by atoms with van der Waals surface area (Å²) >= 11 is 0. The highest BCUT2D eigenvalue weighted by Gasteiger charge is 2.37. The third-order valence-corrected chi connectivity index (χ3v) is 11.4. The average Bonchev–Trinajstić information content (AvgIpc) is 3.42. The number of hydrogen-bond donors (Lipinski definition) is 0. The summed E-state index contributed by atoms with van der Waals surface area (Å²) in [6, 6.07) is 57.4. The number of rotatable bonds is 2. The first-order valence-electron chi connectivity index (χ1n) is 17.8. The van der Waals surface area contributed by atoms with Crippen LogP contribution in [0.25, 0.3) is 98.5 Å². The number of nitrogens with zero attached hydrogens (tertiary/aromatic N) is 2. The zero-order valence-corrected chi connectivity index (χ0v) is 28.4. The van der Waals surface area contributed by atoms with Crippen LogP contribution in [-0.2, 0) is 5.41 Å². The van der Waals surface area contributed by atoms with E-state index in [1.54, 1.807) is 0 Å². The monoisotopic (exact) mass is 648 g/mol. The lowest BCUT2D eigenvalue weighted by molar-refractivity contribution is 0.666. The summed E-state index contributed by atoms with van der Waals surface area (Å²) in [6.45, 7) is 4.74. The van der Waals surface area contributed by atoms with Crippen molar-refractivity contribution in [3.8, 4) is 33.5 Å². The van der Waals surface area contributed by atoms with Gasteiger partial charge in [-0.1, -0.05) is 166 Å². The zero-order valence-electron chi connectivity index (χ0n) is 28.4. The van der Waals surface area contributed by atoms with Gasteiger partial charge in [0.2, 0.25) is 0 Å². The standard InChI is InChI=1S/C49H32N2/c1-49(2)41-17-9-7-15-35(41)36-27-28-40-44(45(36)49)37-16-8-10-18-42(37)50-46(40)32-21-19-31(20-22-32)43-38-25-23-29-11-3-5-13-33(29)47(38)51-48-34-14-6-4-12-30(34)24-26-39(43)48/h3-28H,1-2H3. The molecule has 11 rings (SSSR count). The molecule has 8 aromatic carbocycles. The molecule has 0 atom stereocenters. The number of benzene rings is 8. The van der Waals surface area contributed by atoms with Crippen molar-refractivity contribution in [3.63, 3.8) is 0 Å². The minimum Gasteiger partial charge on any atom is -0.247 e. The molecule has 0 saturated carbocycles. The summed E-state index contributed by atoms with van der Waals surface area (Å²) in [5, 5.41) is 10.8. The Labute approximate surface area is 295 Å². The van der Waals surface area contributed by atoms with Gasteiger partial charge in [0.15, 0.2) is 0 Å². The lowest BCUT2D eigenvalue weighted by Crippen LogP contribution is -2.15. The van der Waals surface area contributed by atoms with Crippen LogP contribution in [0.15, 0.2) is 158 Å². The van der Waals surface area contributed by atoms with Gasteiger partial charge in [0.25, 0.3) is 0 Å². The Hall–Kier alpha value is -6.38. The van der Waals surface area contributed by atoms with Crippen LogP contribution in [0, 0.1) is 0 Å². The fraction of sp³-hybridized carbons (Fsp3) is 0.0612. The second kappa shape index (κ2) is 10.3. The highest BCUT2D eigenvalue weighted by Crippen LogP contribution is 2.53. The molecule has 0 amide bonds. The minimum absolute atomic E-state index is 0.130. The van der Waals surface area contributed by atoms with Crippen LogP contribution in [0.4, 0.5) is 0 Å². The number of hydrogen-bond acceptors (Lipinski definition) is 2. The summed E-state index contributed by atoms with van der Waals surface area (Å²) in [6.07, 6.45) is 0. The Morgan fingerprint density at radius 1 is 0.412 bits per heavy atom. The average molecular weight is 649 g/mol. The largest absolute Gasteiger partial charge is 0.247 e. The Morgan fingerprint density at radius 2 is 0.980 bits per heavy atom. The van der Waals surface area contributed by atoms with Crippen molar-refractivity contribution in [1.82, 2.24) is 9.97 Å². The van der Waals surface area contributed by atoms with Gasteiger partial charge in [0.05, 0.1) is 22.2 Å². The number of fused-ring (bicyclic) bond motifs is 13. The summed E-state index contributed by atoms with van der Waals surface area (Å²) in [5.41, 5.74) is 12.9. The van der Waals surface area contributed by atoms with E-state index < -0.39 is 0 Å². The molecule has 0 saturated heterocycles. The van der Waals surface area contributed by atoms with Gasteiger partial charge in [-0.25, -0.2) is 9.97 Å². The minimum atomic E-state index is -0.130. The topological polar surface area (TPSA) is 25.8 Å². The molecule has 2 heterocycles. The number of para-hydroxylation sites is 1. The van der Waals surface area contributed by atoms with Gasteiger partial charge in [-0.3, -0.25) is 0 Å². The number of pyridine rings is 2. The molecule has 1 aliphatic rings. The molecule has 2 heteroatoms. The molecular formula is C49H32N2. The Bertz CT molecular complexity index is 3000. The van der Waals surface area contributed by atoms with E-state index in [0.29, 0.717) is 0 Å². The van der Waals surface area contributed by atoms with E-state index in [-0.39, 0.29) is 5.41 Å². The molecule has 0 radical (unpaired) electrons. The fourth-order valence-corrected chi connectivity index (χ4v) is 9.05. The maximum Gasteiger partial charge on any atom is 0.0794 e. The third kappa shape index (κ3) is 3.93. The summed E-state index contributed by atoms with van der Waals surface area (Å²) in [7, 11) is 0. The van der Waals surface area contributed by atoms with Crippen LogP contribution in [0.1, 0.15) is 25.0 Å². The van der Waals surface area contributed by atoms with Crippen molar-refractivity contribution in [2.45, 2.75) is 19.3 Å². The molecule has 0 N–H and O–H groups in total. The molecular weight excluding hydrogens is 617 g/mol. The second-order valence-corrected chi connectivity index (χ2v) is 14.5. The molecule has 0 spiro atoms. The van der Waals surface area contributed by atoms with Gasteiger partial charge in [0.1, 0.15) is 0 Å². The van der Waals surface area contributed by atoms with Gasteiger partial charge < -0.3 is 0 Å². The summed E-state index contributed by atoms with van der Waals surface area (Å²) in [5.74, 6) is 0. The summed E-state index contributed by atoms with van der Waals surface area (Å²) in [4.78, 5) is 10.8. The van der Waals surface area contributed by atoms with E-state index in [0.717, 1.165) is 38.6 Å². The van der Waals surface area contributed by atoms with Crippen molar-refractivity contribution < 1.29 is 0 Å². The molecule has 0 bridgehead atoms. The van der Waals surface area contributed by atoms with Crippen LogP contribution in [0.5, 0.6) is 0 Å². The van der Waals surface area contributed by atoms with Gasteiger partial charge >= 0.3 is 0 Å². The predicted molar refractivity (Wildman–Crippen MR) is 216 cm³/mol. The molecule has 238 valence electrons. The van der Waals surface area contributed by atoms with Crippen LogP contribution in [-0.4, -0.2) is 9.97 Å². The second-order valence-electron chi connectivity index (χ2n) is 14.5. The van der Waals surface area contributed by atoms with Crippen LogP contribution in [0.2, 0.25) is 0 Å². The van der Waals surface area contributed by atoms with Gasteiger partial charge in [-0.15, -0.1) is 0 Å². The van der Waals surface area contributed by atoms with Crippen molar-refractivity contribution >= 4 is 65.0 Å². The normalized spacial score (nSPS) is 13.5. The fourth-order valence-electron chi connectivity index (χ4n) is 9.05. The highest BCUT2D eigenvalue weighted by atomic mass is 14.7.